The molecule has 0 radical (unpaired) electrons. The van der Waals surface area contributed by atoms with Crippen LogP contribution in [0.25, 0.3) is 0 Å². The van der Waals surface area contributed by atoms with Crippen LogP contribution in [-0.2, 0) is 13.0 Å². The third-order valence-corrected chi connectivity index (χ3v) is 2.24. The van der Waals surface area contributed by atoms with Crippen molar-refractivity contribution in [2.24, 2.45) is 0 Å². The normalized spacial score (nSPS) is 10.5. The zero-order valence-electron chi connectivity index (χ0n) is 8.98. The Labute approximate surface area is 94.1 Å². The van der Waals surface area contributed by atoms with Crippen LogP contribution in [0.5, 0.6) is 0 Å². The first kappa shape index (κ1) is 10.6. The second kappa shape index (κ2) is 5.27. The van der Waals surface area contributed by atoms with Crippen LogP contribution in [0.1, 0.15) is 11.5 Å². The van der Waals surface area contributed by atoms with Crippen molar-refractivity contribution >= 4 is 5.82 Å². The third kappa shape index (κ3) is 3.06. The molecule has 0 aliphatic heterocycles. The Kier molecular flexibility index (Phi) is 3.50. The molecule has 0 bridgehead atoms. The van der Waals surface area contributed by atoms with E-state index in [-0.39, 0.29) is 0 Å². The van der Waals surface area contributed by atoms with E-state index in [2.05, 4.69) is 26.3 Å². The van der Waals surface area contributed by atoms with Gasteiger partial charge in [0.2, 0.25) is 0 Å². The summed E-state index contributed by atoms with van der Waals surface area (Å²) in [4.78, 5) is 11.4. The number of H-pyrrole nitrogens is 1. The predicted molar refractivity (Wildman–Crippen MR) is 62.6 cm³/mol. The molecule has 5 heteroatoms. The Morgan fingerprint density at radius 2 is 2.31 bits per heavy atom. The van der Waals surface area contributed by atoms with Crippen LogP contribution in [0.15, 0.2) is 30.6 Å². The maximum Gasteiger partial charge on any atom is 0.144 e. The monoisotopic (exact) mass is 217 g/mol. The van der Waals surface area contributed by atoms with Gasteiger partial charge in [-0.1, -0.05) is 0 Å². The lowest BCUT2D eigenvalue weighted by atomic mass is 10.3. The fraction of sp³-hybridized carbons (Fsp3) is 0.273. The standard InChI is InChI=1S/C11H15N5/c12-10-4-7-15-11(16-10)8-13-6-3-9-2-1-5-14-9/h1-2,4-5,7,13-14H,3,6,8H2,(H2,12,15,16). The number of aromatic nitrogens is 3. The molecule has 0 fully saturated rings. The molecule has 5 nitrogen and oxygen atoms in total. The van der Waals surface area contributed by atoms with Gasteiger partial charge in [0.1, 0.15) is 11.6 Å². The lowest BCUT2D eigenvalue weighted by Crippen LogP contribution is -2.18. The molecule has 2 aromatic heterocycles. The van der Waals surface area contributed by atoms with E-state index in [9.17, 15) is 0 Å². The summed E-state index contributed by atoms with van der Waals surface area (Å²) < 4.78 is 0. The lowest BCUT2D eigenvalue weighted by Gasteiger charge is -2.03. The van der Waals surface area contributed by atoms with Crippen LogP contribution in [0.3, 0.4) is 0 Å². The van der Waals surface area contributed by atoms with E-state index in [1.54, 1.807) is 12.3 Å². The molecule has 0 unspecified atom stereocenters. The Balaban J connectivity index is 1.72. The van der Waals surface area contributed by atoms with E-state index < -0.39 is 0 Å². The minimum Gasteiger partial charge on any atom is -0.384 e. The first-order chi connectivity index (χ1) is 7.84. The molecule has 2 aromatic rings. The van der Waals surface area contributed by atoms with E-state index in [1.807, 2.05) is 12.3 Å². The minimum atomic E-state index is 0.510. The van der Waals surface area contributed by atoms with Gasteiger partial charge in [-0.05, 0) is 24.6 Å². The van der Waals surface area contributed by atoms with E-state index in [0.29, 0.717) is 12.4 Å². The van der Waals surface area contributed by atoms with Crippen molar-refractivity contribution in [3.05, 3.63) is 42.1 Å². The molecule has 0 atom stereocenters. The van der Waals surface area contributed by atoms with Gasteiger partial charge in [0.15, 0.2) is 0 Å². The van der Waals surface area contributed by atoms with Crippen LogP contribution in [-0.4, -0.2) is 21.5 Å². The smallest absolute Gasteiger partial charge is 0.144 e. The first-order valence-electron chi connectivity index (χ1n) is 5.25. The molecular formula is C11H15N5. The van der Waals surface area contributed by atoms with Crippen LogP contribution in [0, 0.1) is 0 Å². The highest BCUT2D eigenvalue weighted by Crippen LogP contribution is 1.97. The molecule has 0 aliphatic carbocycles. The highest BCUT2D eigenvalue weighted by atomic mass is 15.0. The summed E-state index contributed by atoms with van der Waals surface area (Å²) in [6.45, 7) is 1.53. The van der Waals surface area contributed by atoms with Crippen molar-refractivity contribution < 1.29 is 0 Å². The maximum atomic E-state index is 5.56. The van der Waals surface area contributed by atoms with Crippen LogP contribution < -0.4 is 11.1 Å². The summed E-state index contributed by atoms with van der Waals surface area (Å²) in [6.07, 6.45) is 4.57. The fourth-order valence-electron chi connectivity index (χ4n) is 1.45. The number of rotatable bonds is 5. The molecule has 0 saturated carbocycles. The number of aromatic amines is 1. The molecule has 2 heterocycles. The number of hydrogen-bond donors (Lipinski definition) is 3. The quantitative estimate of drug-likeness (QED) is 0.645. The number of nitrogens with two attached hydrogens (primary N) is 1. The summed E-state index contributed by atoms with van der Waals surface area (Å²) in [5, 5.41) is 3.27. The van der Waals surface area contributed by atoms with Crippen molar-refractivity contribution in [2.45, 2.75) is 13.0 Å². The van der Waals surface area contributed by atoms with Crippen molar-refractivity contribution in [2.75, 3.05) is 12.3 Å². The van der Waals surface area contributed by atoms with Crippen LogP contribution in [0.4, 0.5) is 5.82 Å². The van der Waals surface area contributed by atoms with Gasteiger partial charge in [0.05, 0.1) is 6.54 Å². The molecule has 4 N–H and O–H groups in total. The number of nitrogens with zero attached hydrogens (tertiary/aromatic N) is 2. The molecular weight excluding hydrogens is 202 g/mol. The molecule has 0 saturated heterocycles. The van der Waals surface area contributed by atoms with Gasteiger partial charge < -0.3 is 16.0 Å². The summed E-state index contributed by atoms with van der Waals surface area (Å²) in [5.74, 6) is 1.24. The van der Waals surface area contributed by atoms with Gasteiger partial charge in [-0.3, -0.25) is 0 Å². The number of nitrogen functional groups attached to an aromatic ring is 1. The lowest BCUT2D eigenvalue weighted by molar-refractivity contribution is 0.656. The zero-order chi connectivity index (χ0) is 11.2. The molecule has 84 valence electrons. The minimum absolute atomic E-state index is 0.510. The van der Waals surface area contributed by atoms with E-state index >= 15 is 0 Å². The van der Waals surface area contributed by atoms with E-state index in [4.69, 9.17) is 5.73 Å². The summed E-state index contributed by atoms with van der Waals surface area (Å²) in [5.41, 5.74) is 6.78. The Morgan fingerprint density at radius 3 is 3.06 bits per heavy atom. The summed E-state index contributed by atoms with van der Waals surface area (Å²) in [6, 6.07) is 5.75. The van der Waals surface area contributed by atoms with E-state index in [0.717, 1.165) is 18.8 Å². The summed E-state index contributed by atoms with van der Waals surface area (Å²) in [7, 11) is 0. The van der Waals surface area contributed by atoms with Crippen molar-refractivity contribution in [3.63, 3.8) is 0 Å². The van der Waals surface area contributed by atoms with Gasteiger partial charge in [-0.15, -0.1) is 0 Å². The Bertz CT molecular complexity index is 424. The van der Waals surface area contributed by atoms with Gasteiger partial charge in [0, 0.05) is 24.6 Å². The van der Waals surface area contributed by atoms with Gasteiger partial charge in [0.25, 0.3) is 0 Å². The molecule has 2 rings (SSSR count). The molecule has 0 spiro atoms. The van der Waals surface area contributed by atoms with Crippen LogP contribution in [0.2, 0.25) is 0 Å². The summed E-state index contributed by atoms with van der Waals surface area (Å²) >= 11 is 0. The van der Waals surface area contributed by atoms with E-state index in [1.165, 1.54) is 5.69 Å². The van der Waals surface area contributed by atoms with Gasteiger partial charge >= 0.3 is 0 Å². The van der Waals surface area contributed by atoms with Crippen LogP contribution >= 0.6 is 0 Å². The van der Waals surface area contributed by atoms with Crippen molar-refractivity contribution in [1.29, 1.82) is 0 Å². The average molecular weight is 217 g/mol. The number of nitrogens with one attached hydrogen (secondary N) is 2. The maximum absolute atomic E-state index is 5.56. The Hall–Kier alpha value is -1.88. The highest BCUT2D eigenvalue weighted by Gasteiger charge is 1.97. The van der Waals surface area contributed by atoms with Gasteiger partial charge in [-0.25, -0.2) is 9.97 Å². The second-order valence-electron chi connectivity index (χ2n) is 3.52. The fourth-order valence-corrected chi connectivity index (χ4v) is 1.45. The number of hydrogen-bond acceptors (Lipinski definition) is 4. The predicted octanol–water partition coefficient (Wildman–Crippen LogP) is 0.719. The van der Waals surface area contributed by atoms with Gasteiger partial charge in [-0.2, -0.15) is 0 Å². The molecule has 0 aliphatic rings. The third-order valence-electron chi connectivity index (χ3n) is 2.24. The topological polar surface area (TPSA) is 79.6 Å². The Morgan fingerprint density at radius 1 is 1.38 bits per heavy atom. The van der Waals surface area contributed by atoms with Crippen molar-refractivity contribution in [1.82, 2.24) is 20.3 Å². The SMILES string of the molecule is Nc1ccnc(CNCCc2ccc[nH]2)n1. The zero-order valence-corrected chi connectivity index (χ0v) is 8.98. The molecule has 0 aromatic carbocycles. The van der Waals surface area contributed by atoms with Crippen molar-refractivity contribution in [3.8, 4) is 0 Å². The first-order valence-corrected chi connectivity index (χ1v) is 5.25. The number of anilines is 1. The second-order valence-corrected chi connectivity index (χ2v) is 3.52. The largest absolute Gasteiger partial charge is 0.384 e. The molecule has 16 heavy (non-hydrogen) atoms. The highest BCUT2D eigenvalue weighted by molar-refractivity contribution is 5.24. The molecule has 0 amide bonds. The average Bonchev–Trinajstić information content (AvgIpc) is 2.77.